The molecule has 110 valence electrons. The molecule has 0 amide bonds. The van der Waals surface area contributed by atoms with Gasteiger partial charge in [0.15, 0.2) is 0 Å². The Morgan fingerprint density at radius 2 is 1.95 bits per heavy atom. The molecule has 1 aliphatic rings. The molecule has 1 unspecified atom stereocenters. The minimum atomic E-state index is -0.652. The number of rotatable bonds is 2. The van der Waals surface area contributed by atoms with E-state index in [1.807, 2.05) is 23.1 Å². The van der Waals surface area contributed by atoms with Gasteiger partial charge in [-0.05, 0) is 48.6 Å². The number of hydrogen-bond acceptors (Lipinski definition) is 2. The highest BCUT2D eigenvalue weighted by atomic mass is 19.1. The predicted molar refractivity (Wildman–Crippen MR) is 83.3 cm³/mol. The molecule has 0 saturated heterocycles. The summed E-state index contributed by atoms with van der Waals surface area (Å²) in [4.78, 5) is 2.05. The van der Waals surface area contributed by atoms with E-state index in [1.54, 1.807) is 19.1 Å². The molecule has 3 rings (SSSR count). The molecule has 2 aromatic rings. The predicted octanol–water partition coefficient (Wildman–Crippen LogP) is 4.21. The Morgan fingerprint density at radius 3 is 2.67 bits per heavy atom. The highest BCUT2D eigenvalue weighted by Crippen LogP contribution is 2.37. The van der Waals surface area contributed by atoms with Crippen molar-refractivity contribution in [1.82, 2.24) is 0 Å². The highest BCUT2D eigenvalue weighted by molar-refractivity contribution is 5.68. The van der Waals surface area contributed by atoms with Gasteiger partial charge in [-0.1, -0.05) is 31.2 Å². The number of para-hydroxylation sites is 1. The van der Waals surface area contributed by atoms with E-state index >= 15 is 0 Å². The summed E-state index contributed by atoms with van der Waals surface area (Å²) in [5.41, 5.74) is 3.53. The van der Waals surface area contributed by atoms with E-state index in [-0.39, 0.29) is 5.82 Å². The van der Waals surface area contributed by atoms with Gasteiger partial charge in [0.2, 0.25) is 0 Å². The number of anilines is 2. The molecule has 0 spiro atoms. The summed E-state index contributed by atoms with van der Waals surface area (Å²) in [6.07, 6.45) is 0.376. The first-order chi connectivity index (χ1) is 10.1. The summed E-state index contributed by atoms with van der Waals surface area (Å²) < 4.78 is 14.5. The summed E-state index contributed by atoms with van der Waals surface area (Å²) in [6, 6.07) is 13.2. The number of aliphatic hydroxyl groups is 1. The molecule has 21 heavy (non-hydrogen) atoms. The van der Waals surface area contributed by atoms with Crippen molar-refractivity contribution in [3.8, 4) is 0 Å². The molecule has 3 heteroatoms. The van der Waals surface area contributed by atoms with Crippen LogP contribution in [-0.4, -0.2) is 11.7 Å². The van der Waals surface area contributed by atoms with Crippen LogP contribution in [0.3, 0.4) is 0 Å². The van der Waals surface area contributed by atoms with Crippen molar-refractivity contribution in [2.45, 2.75) is 26.4 Å². The second-order valence-corrected chi connectivity index (χ2v) is 5.94. The molecule has 2 nitrogen and oxygen atoms in total. The van der Waals surface area contributed by atoms with Gasteiger partial charge in [-0.15, -0.1) is 0 Å². The van der Waals surface area contributed by atoms with Gasteiger partial charge < -0.3 is 10.0 Å². The molecule has 1 aliphatic heterocycles. The van der Waals surface area contributed by atoms with Gasteiger partial charge in [-0.3, -0.25) is 0 Å². The van der Waals surface area contributed by atoms with Crippen molar-refractivity contribution in [2.75, 3.05) is 11.4 Å². The van der Waals surface area contributed by atoms with E-state index in [9.17, 15) is 9.50 Å². The van der Waals surface area contributed by atoms with Crippen molar-refractivity contribution >= 4 is 11.4 Å². The van der Waals surface area contributed by atoms with Gasteiger partial charge in [-0.25, -0.2) is 4.39 Å². The van der Waals surface area contributed by atoms with E-state index in [0.717, 1.165) is 18.7 Å². The minimum Gasteiger partial charge on any atom is -0.389 e. The first-order valence-electron chi connectivity index (χ1n) is 7.39. The Morgan fingerprint density at radius 1 is 1.19 bits per heavy atom. The molecular weight excluding hydrogens is 265 g/mol. The first kappa shape index (κ1) is 14.1. The third kappa shape index (κ3) is 2.66. The monoisotopic (exact) mass is 285 g/mol. The standard InChI is InChI=1S/C18H20FNO/c1-12-9-15-5-3-4-6-17(15)20(11-12)18-8-7-14(13(2)21)10-16(18)19/h3-8,10,12-13,21H,9,11H2,1-2H3/t12?,13-/m1/s1. The van der Waals surface area contributed by atoms with Crippen LogP contribution in [0.5, 0.6) is 0 Å². The van der Waals surface area contributed by atoms with Crippen molar-refractivity contribution in [3.05, 3.63) is 59.4 Å². The topological polar surface area (TPSA) is 23.5 Å². The van der Waals surface area contributed by atoms with E-state index in [1.165, 1.54) is 11.6 Å². The third-order valence-electron chi connectivity index (χ3n) is 4.09. The molecule has 0 saturated carbocycles. The van der Waals surface area contributed by atoms with Gasteiger partial charge in [-0.2, -0.15) is 0 Å². The second kappa shape index (κ2) is 5.49. The average molecular weight is 285 g/mol. The summed E-state index contributed by atoms with van der Waals surface area (Å²) in [5, 5.41) is 9.57. The van der Waals surface area contributed by atoms with Gasteiger partial charge >= 0.3 is 0 Å². The lowest BCUT2D eigenvalue weighted by atomic mass is 9.93. The fraction of sp³-hybridized carbons (Fsp3) is 0.333. The molecule has 1 heterocycles. The molecule has 0 bridgehead atoms. The second-order valence-electron chi connectivity index (χ2n) is 5.94. The summed E-state index contributed by atoms with van der Waals surface area (Å²) in [6.45, 7) is 4.64. The number of halogens is 1. The number of aliphatic hydroxyl groups excluding tert-OH is 1. The zero-order valence-corrected chi connectivity index (χ0v) is 12.4. The maximum absolute atomic E-state index is 14.5. The van der Waals surface area contributed by atoms with Gasteiger partial charge in [0.25, 0.3) is 0 Å². The smallest absolute Gasteiger partial charge is 0.147 e. The number of hydrogen-bond donors (Lipinski definition) is 1. The van der Waals surface area contributed by atoms with Gasteiger partial charge in [0.1, 0.15) is 5.82 Å². The van der Waals surface area contributed by atoms with Crippen LogP contribution in [0.4, 0.5) is 15.8 Å². The summed E-state index contributed by atoms with van der Waals surface area (Å²) in [7, 11) is 0. The Hall–Kier alpha value is -1.87. The SMILES string of the molecule is CC1Cc2ccccc2N(c2ccc([C@@H](C)O)cc2F)C1. The van der Waals surface area contributed by atoms with E-state index < -0.39 is 6.10 Å². The number of benzene rings is 2. The lowest BCUT2D eigenvalue weighted by molar-refractivity contribution is 0.199. The normalized spacial score (nSPS) is 19.2. The zero-order valence-electron chi connectivity index (χ0n) is 12.4. The Balaban J connectivity index is 2.04. The maximum atomic E-state index is 14.5. The first-order valence-corrected chi connectivity index (χ1v) is 7.39. The fourth-order valence-electron chi connectivity index (χ4n) is 3.03. The summed E-state index contributed by atoms with van der Waals surface area (Å²) >= 11 is 0. The van der Waals surface area contributed by atoms with Crippen molar-refractivity contribution in [2.24, 2.45) is 5.92 Å². The number of fused-ring (bicyclic) bond motifs is 1. The summed E-state index contributed by atoms with van der Waals surface area (Å²) in [5.74, 6) is 0.202. The number of nitrogens with zero attached hydrogens (tertiary/aromatic N) is 1. The largest absolute Gasteiger partial charge is 0.389 e. The van der Waals surface area contributed by atoms with Crippen LogP contribution in [0.15, 0.2) is 42.5 Å². The van der Waals surface area contributed by atoms with E-state index in [2.05, 4.69) is 13.0 Å². The van der Waals surface area contributed by atoms with Gasteiger partial charge in [0, 0.05) is 12.2 Å². The molecule has 0 aliphatic carbocycles. The van der Waals surface area contributed by atoms with Crippen molar-refractivity contribution < 1.29 is 9.50 Å². The zero-order chi connectivity index (χ0) is 15.0. The van der Waals surface area contributed by atoms with Crippen LogP contribution < -0.4 is 4.90 Å². The van der Waals surface area contributed by atoms with Gasteiger partial charge in [0.05, 0.1) is 11.8 Å². The Kier molecular flexibility index (Phi) is 3.68. The highest BCUT2D eigenvalue weighted by Gasteiger charge is 2.24. The molecule has 2 aromatic carbocycles. The van der Waals surface area contributed by atoms with Crippen molar-refractivity contribution in [1.29, 1.82) is 0 Å². The lowest BCUT2D eigenvalue weighted by Gasteiger charge is -2.35. The molecule has 0 fully saturated rings. The van der Waals surface area contributed by atoms with Crippen LogP contribution in [-0.2, 0) is 6.42 Å². The minimum absolute atomic E-state index is 0.280. The lowest BCUT2D eigenvalue weighted by Crippen LogP contribution is -2.31. The molecular formula is C18H20FNO. The Labute approximate surface area is 124 Å². The van der Waals surface area contributed by atoms with E-state index in [4.69, 9.17) is 0 Å². The average Bonchev–Trinajstić information content (AvgIpc) is 2.46. The molecule has 0 aromatic heterocycles. The van der Waals surface area contributed by atoms with Crippen molar-refractivity contribution in [3.63, 3.8) is 0 Å². The fourth-order valence-corrected chi connectivity index (χ4v) is 3.03. The van der Waals surface area contributed by atoms with Crippen LogP contribution >= 0.6 is 0 Å². The third-order valence-corrected chi connectivity index (χ3v) is 4.09. The van der Waals surface area contributed by atoms with Crippen LogP contribution in [0, 0.1) is 11.7 Å². The molecule has 0 radical (unpaired) electrons. The maximum Gasteiger partial charge on any atom is 0.147 e. The Bertz CT molecular complexity index is 653. The quantitative estimate of drug-likeness (QED) is 0.893. The van der Waals surface area contributed by atoms with Crippen LogP contribution in [0.2, 0.25) is 0 Å². The van der Waals surface area contributed by atoms with E-state index in [0.29, 0.717) is 17.2 Å². The molecule has 1 N–H and O–H groups in total. The van der Waals surface area contributed by atoms with Crippen LogP contribution in [0.1, 0.15) is 31.1 Å². The molecule has 2 atom stereocenters. The van der Waals surface area contributed by atoms with Crippen LogP contribution in [0.25, 0.3) is 0 Å².